The SMILES string of the molecule is CCCCNC(=O)[C@@H](C)N(Cc1ccccc1F)C(=O)CN(c1cccc(Br)c1)S(C)(=O)=O. The number of sulfonamides is 1. The van der Waals surface area contributed by atoms with Crippen LogP contribution in [0.3, 0.4) is 0 Å². The molecule has 10 heteroatoms. The molecule has 1 atom stereocenters. The van der Waals surface area contributed by atoms with Crippen molar-refractivity contribution in [3.63, 3.8) is 0 Å². The molecule has 0 spiro atoms. The van der Waals surface area contributed by atoms with Crippen LogP contribution >= 0.6 is 15.9 Å². The number of hydrogen-bond acceptors (Lipinski definition) is 4. The number of carbonyl (C=O) groups excluding carboxylic acids is 2. The number of rotatable bonds is 11. The maximum Gasteiger partial charge on any atom is 0.244 e. The Balaban J connectivity index is 2.36. The summed E-state index contributed by atoms with van der Waals surface area (Å²) < 4.78 is 40.9. The molecule has 0 aliphatic heterocycles. The molecule has 1 N–H and O–H groups in total. The Morgan fingerprint density at radius 1 is 1.15 bits per heavy atom. The van der Waals surface area contributed by atoms with E-state index in [1.54, 1.807) is 37.3 Å². The minimum absolute atomic E-state index is 0.177. The highest BCUT2D eigenvalue weighted by Gasteiger charge is 2.30. The monoisotopic (exact) mass is 541 g/mol. The molecule has 0 aliphatic rings. The standard InChI is InChI=1S/C23H29BrFN3O4S/c1-4-5-13-26-23(30)17(2)27(15-18-9-6-7-12-21(18)25)22(29)16-28(33(3,31)32)20-11-8-10-19(24)14-20/h6-12,14,17H,4-5,13,15-16H2,1-3H3,(H,26,30)/t17-/m1/s1. The van der Waals surface area contributed by atoms with Crippen LogP contribution in [0.5, 0.6) is 0 Å². The number of amides is 2. The van der Waals surface area contributed by atoms with Gasteiger partial charge >= 0.3 is 0 Å². The molecule has 0 saturated carbocycles. The Bertz CT molecular complexity index is 1080. The van der Waals surface area contributed by atoms with Gasteiger partial charge in [0, 0.05) is 23.1 Å². The highest BCUT2D eigenvalue weighted by molar-refractivity contribution is 9.10. The van der Waals surface area contributed by atoms with Gasteiger partial charge in [-0.2, -0.15) is 0 Å². The zero-order valence-corrected chi connectivity index (χ0v) is 21.3. The third-order valence-corrected chi connectivity index (χ3v) is 6.70. The first-order chi connectivity index (χ1) is 15.5. The average Bonchev–Trinajstić information content (AvgIpc) is 2.75. The minimum Gasteiger partial charge on any atom is -0.354 e. The summed E-state index contributed by atoms with van der Waals surface area (Å²) >= 11 is 3.31. The molecular formula is C23H29BrFN3O4S. The van der Waals surface area contributed by atoms with Crippen LogP contribution in [0.25, 0.3) is 0 Å². The number of nitrogens with zero attached hydrogens (tertiary/aromatic N) is 2. The molecule has 0 fully saturated rings. The molecule has 33 heavy (non-hydrogen) atoms. The van der Waals surface area contributed by atoms with E-state index in [9.17, 15) is 22.4 Å². The van der Waals surface area contributed by atoms with Gasteiger partial charge in [0.1, 0.15) is 18.4 Å². The van der Waals surface area contributed by atoms with Crippen molar-refractivity contribution in [2.45, 2.75) is 39.3 Å². The number of benzene rings is 2. The Labute approximate surface area is 203 Å². The van der Waals surface area contributed by atoms with Crippen LogP contribution in [-0.2, 0) is 26.2 Å². The fraction of sp³-hybridized carbons (Fsp3) is 0.391. The summed E-state index contributed by atoms with van der Waals surface area (Å²) in [7, 11) is -3.82. The van der Waals surface area contributed by atoms with Gasteiger partial charge in [0.2, 0.25) is 21.8 Å². The van der Waals surface area contributed by atoms with Crippen LogP contribution in [-0.4, -0.2) is 50.5 Å². The maximum atomic E-state index is 14.3. The van der Waals surface area contributed by atoms with E-state index in [0.717, 1.165) is 23.4 Å². The van der Waals surface area contributed by atoms with Crippen molar-refractivity contribution in [1.29, 1.82) is 0 Å². The molecule has 2 rings (SSSR count). The molecule has 2 amide bonds. The zero-order valence-electron chi connectivity index (χ0n) is 18.9. The fourth-order valence-electron chi connectivity index (χ4n) is 3.17. The van der Waals surface area contributed by atoms with Crippen molar-refractivity contribution in [3.8, 4) is 0 Å². The van der Waals surface area contributed by atoms with E-state index in [1.165, 1.54) is 23.1 Å². The van der Waals surface area contributed by atoms with E-state index in [0.29, 0.717) is 16.7 Å². The number of hydrogen-bond donors (Lipinski definition) is 1. The van der Waals surface area contributed by atoms with Crippen LogP contribution in [0, 0.1) is 5.82 Å². The quantitative estimate of drug-likeness (QED) is 0.439. The largest absolute Gasteiger partial charge is 0.354 e. The molecule has 0 radical (unpaired) electrons. The van der Waals surface area contributed by atoms with Gasteiger partial charge in [-0.05, 0) is 37.6 Å². The van der Waals surface area contributed by atoms with Crippen LogP contribution in [0.4, 0.5) is 10.1 Å². The van der Waals surface area contributed by atoms with E-state index in [4.69, 9.17) is 0 Å². The molecule has 7 nitrogen and oxygen atoms in total. The molecule has 2 aromatic carbocycles. The van der Waals surface area contributed by atoms with Crippen LogP contribution in [0.1, 0.15) is 32.3 Å². The first kappa shape index (κ1) is 26.8. The highest BCUT2D eigenvalue weighted by Crippen LogP contribution is 2.23. The normalized spacial score (nSPS) is 12.2. The Hall–Kier alpha value is -2.46. The molecular weight excluding hydrogens is 513 g/mol. The molecule has 2 aromatic rings. The van der Waals surface area contributed by atoms with Crippen molar-refractivity contribution >= 4 is 43.5 Å². The number of anilines is 1. The average molecular weight is 542 g/mol. The summed E-state index contributed by atoms with van der Waals surface area (Å²) in [5, 5.41) is 2.78. The van der Waals surface area contributed by atoms with Gasteiger partial charge < -0.3 is 10.2 Å². The van der Waals surface area contributed by atoms with Crippen molar-refractivity contribution in [3.05, 3.63) is 64.4 Å². The van der Waals surface area contributed by atoms with Crippen LogP contribution in [0.2, 0.25) is 0 Å². The molecule has 0 unspecified atom stereocenters. The maximum absolute atomic E-state index is 14.3. The Morgan fingerprint density at radius 2 is 1.85 bits per heavy atom. The first-order valence-corrected chi connectivity index (χ1v) is 13.2. The summed E-state index contributed by atoms with van der Waals surface area (Å²) in [4.78, 5) is 27.3. The first-order valence-electron chi connectivity index (χ1n) is 10.6. The lowest BCUT2D eigenvalue weighted by molar-refractivity contribution is -0.139. The van der Waals surface area contributed by atoms with Crippen molar-refractivity contribution in [2.24, 2.45) is 0 Å². The summed E-state index contributed by atoms with van der Waals surface area (Å²) in [6.07, 6.45) is 2.68. The number of nitrogens with one attached hydrogen (secondary N) is 1. The van der Waals surface area contributed by atoms with Crippen molar-refractivity contribution < 1.29 is 22.4 Å². The van der Waals surface area contributed by atoms with Gasteiger partial charge in [0.15, 0.2) is 0 Å². The molecule has 0 aliphatic carbocycles. The second-order valence-corrected chi connectivity index (χ2v) is 10.5. The van der Waals surface area contributed by atoms with Crippen LogP contribution in [0.15, 0.2) is 53.0 Å². The summed E-state index contributed by atoms with van der Waals surface area (Å²) in [5.74, 6) is -1.52. The van der Waals surface area contributed by atoms with Gasteiger partial charge in [0.05, 0.1) is 11.9 Å². The van der Waals surface area contributed by atoms with Gasteiger partial charge in [-0.3, -0.25) is 13.9 Å². The number of halogens is 2. The van der Waals surface area contributed by atoms with Gasteiger partial charge in [-0.1, -0.05) is 53.5 Å². The molecule has 0 aromatic heterocycles. The smallest absolute Gasteiger partial charge is 0.244 e. The summed E-state index contributed by atoms with van der Waals surface area (Å²) in [5.41, 5.74) is 0.526. The van der Waals surface area contributed by atoms with Crippen molar-refractivity contribution in [2.75, 3.05) is 23.7 Å². The number of unbranched alkanes of at least 4 members (excludes halogenated alkanes) is 1. The van der Waals surface area contributed by atoms with E-state index >= 15 is 0 Å². The fourth-order valence-corrected chi connectivity index (χ4v) is 4.40. The van der Waals surface area contributed by atoms with Crippen LogP contribution < -0.4 is 9.62 Å². The molecule has 180 valence electrons. The predicted octanol–water partition coefficient (Wildman–Crippen LogP) is 3.69. The number of carbonyl (C=O) groups is 2. The lowest BCUT2D eigenvalue weighted by atomic mass is 10.1. The van der Waals surface area contributed by atoms with Gasteiger partial charge in [0.25, 0.3) is 0 Å². The molecule has 0 heterocycles. The molecule has 0 saturated heterocycles. The van der Waals surface area contributed by atoms with Gasteiger partial charge in [-0.15, -0.1) is 0 Å². The summed E-state index contributed by atoms with van der Waals surface area (Å²) in [6, 6.07) is 11.6. The van der Waals surface area contributed by atoms with E-state index in [-0.39, 0.29) is 18.0 Å². The topological polar surface area (TPSA) is 86.8 Å². The van der Waals surface area contributed by atoms with E-state index < -0.39 is 34.3 Å². The minimum atomic E-state index is -3.82. The highest BCUT2D eigenvalue weighted by atomic mass is 79.9. The van der Waals surface area contributed by atoms with Gasteiger partial charge in [-0.25, -0.2) is 12.8 Å². The third kappa shape index (κ3) is 7.82. The Kier molecular flexibility index (Phi) is 9.85. The second-order valence-electron chi connectivity index (χ2n) is 7.68. The van der Waals surface area contributed by atoms with E-state index in [2.05, 4.69) is 21.2 Å². The van der Waals surface area contributed by atoms with E-state index in [1.807, 2.05) is 6.92 Å². The lowest BCUT2D eigenvalue weighted by Gasteiger charge is -2.31. The zero-order chi connectivity index (χ0) is 24.6. The predicted molar refractivity (Wildman–Crippen MR) is 131 cm³/mol. The Morgan fingerprint density at radius 3 is 2.45 bits per heavy atom. The third-order valence-electron chi connectivity index (χ3n) is 5.07. The lowest BCUT2D eigenvalue weighted by Crippen LogP contribution is -2.51. The second kappa shape index (κ2) is 12.1. The summed E-state index contributed by atoms with van der Waals surface area (Å²) in [6.45, 7) is 3.28. The van der Waals surface area contributed by atoms with Crippen molar-refractivity contribution in [1.82, 2.24) is 10.2 Å². The molecule has 0 bridgehead atoms.